The summed E-state index contributed by atoms with van der Waals surface area (Å²) >= 11 is 0. The molecule has 0 spiro atoms. The minimum Gasteiger partial charge on any atom is -0.507 e. The third-order valence-corrected chi connectivity index (χ3v) is 4.33. The summed E-state index contributed by atoms with van der Waals surface area (Å²) in [4.78, 5) is 13.3. The van der Waals surface area contributed by atoms with Crippen LogP contribution in [0.1, 0.15) is 10.4 Å². The monoisotopic (exact) mass is 354 g/mol. The van der Waals surface area contributed by atoms with Crippen molar-refractivity contribution in [1.82, 2.24) is 0 Å². The van der Waals surface area contributed by atoms with Crippen molar-refractivity contribution in [2.75, 3.05) is 10.4 Å². The summed E-state index contributed by atoms with van der Waals surface area (Å²) in [5, 5.41) is 13.7. The lowest BCUT2D eigenvalue weighted by Crippen LogP contribution is -2.36. The Labute approximate surface area is 157 Å². The molecule has 2 N–H and O–H groups in total. The average Bonchev–Trinajstić information content (AvgIpc) is 2.72. The highest BCUT2D eigenvalue weighted by Gasteiger charge is 2.21. The summed E-state index contributed by atoms with van der Waals surface area (Å²) in [6.07, 6.45) is 0. The van der Waals surface area contributed by atoms with Crippen molar-refractivity contribution in [3.63, 3.8) is 0 Å². The van der Waals surface area contributed by atoms with Gasteiger partial charge in [0.25, 0.3) is 5.91 Å². The highest BCUT2D eigenvalue weighted by molar-refractivity contribution is 6.11. The van der Waals surface area contributed by atoms with E-state index < -0.39 is 0 Å². The van der Waals surface area contributed by atoms with Crippen LogP contribution in [0.15, 0.2) is 97.1 Å². The molecule has 4 nitrogen and oxygen atoms in total. The van der Waals surface area contributed by atoms with Crippen molar-refractivity contribution in [2.24, 2.45) is 0 Å². The van der Waals surface area contributed by atoms with Crippen LogP contribution in [-0.2, 0) is 0 Å². The second-order valence-corrected chi connectivity index (χ2v) is 6.17. The van der Waals surface area contributed by atoms with Gasteiger partial charge in [0.1, 0.15) is 5.75 Å². The maximum atomic E-state index is 13.3. The van der Waals surface area contributed by atoms with E-state index in [4.69, 9.17) is 0 Å². The number of hydrazine groups is 1. The van der Waals surface area contributed by atoms with E-state index >= 15 is 0 Å². The van der Waals surface area contributed by atoms with Crippen molar-refractivity contribution in [3.05, 3.63) is 103 Å². The number of nitrogens with zero attached hydrogens (tertiary/aromatic N) is 1. The smallest absolute Gasteiger partial charge is 0.280 e. The maximum Gasteiger partial charge on any atom is 0.280 e. The van der Waals surface area contributed by atoms with Crippen molar-refractivity contribution in [3.8, 4) is 5.75 Å². The zero-order valence-electron chi connectivity index (χ0n) is 14.5. The summed E-state index contributed by atoms with van der Waals surface area (Å²) in [7, 11) is 0. The van der Waals surface area contributed by atoms with Gasteiger partial charge in [-0.05, 0) is 47.2 Å². The van der Waals surface area contributed by atoms with Crippen LogP contribution in [0.3, 0.4) is 0 Å². The standard InChI is InChI=1S/C23H18N2O2/c26-22-16-18-10-8-7-9-17(18)15-21(22)23(27)25(20-13-5-2-6-14-20)24-19-11-3-1-4-12-19/h1-16,24,26H. The molecule has 0 saturated carbocycles. The van der Waals surface area contributed by atoms with E-state index in [2.05, 4.69) is 5.43 Å². The molecule has 0 bridgehead atoms. The van der Waals surface area contributed by atoms with Gasteiger partial charge in [-0.25, -0.2) is 5.01 Å². The van der Waals surface area contributed by atoms with Crippen LogP contribution in [0.4, 0.5) is 11.4 Å². The largest absolute Gasteiger partial charge is 0.507 e. The minimum atomic E-state index is -0.340. The van der Waals surface area contributed by atoms with E-state index in [1.54, 1.807) is 12.1 Å². The Hall–Kier alpha value is -3.79. The molecular weight excluding hydrogens is 336 g/mol. The summed E-state index contributed by atoms with van der Waals surface area (Å²) in [6.45, 7) is 0. The van der Waals surface area contributed by atoms with Crippen LogP contribution in [0.5, 0.6) is 5.75 Å². The number of nitrogens with one attached hydrogen (secondary N) is 1. The molecule has 4 heteroatoms. The highest BCUT2D eigenvalue weighted by Crippen LogP contribution is 2.28. The van der Waals surface area contributed by atoms with Crippen LogP contribution in [0.2, 0.25) is 0 Å². The molecule has 27 heavy (non-hydrogen) atoms. The fourth-order valence-electron chi connectivity index (χ4n) is 2.97. The first-order valence-electron chi connectivity index (χ1n) is 8.65. The van der Waals surface area contributed by atoms with Gasteiger partial charge >= 0.3 is 0 Å². The van der Waals surface area contributed by atoms with E-state index in [1.807, 2.05) is 84.9 Å². The molecule has 0 unspecified atom stereocenters. The normalized spacial score (nSPS) is 10.5. The summed E-state index contributed by atoms with van der Waals surface area (Å²) < 4.78 is 0. The summed E-state index contributed by atoms with van der Waals surface area (Å²) in [5.41, 5.74) is 4.83. The quantitative estimate of drug-likeness (QED) is 0.494. The Balaban J connectivity index is 1.77. The number of fused-ring (bicyclic) bond motifs is 1. The van der Waals surface area contributed by atoms with Gasteiger partial charge in [0, 0.05) is 0 Å². The Bertz CT molecular complexity index is 1080. The number of benzene rings is 4. The summed E-state index contributed by atoms with van der Waals surface area (Å²) in [6, 6.07) is 29.7. The Morgan fingerprint density at radius 2 is 1.30 bits per heavy atom. The number of anilines is 2. The Morgan fingerprint density at radius 1 is 0.741 bits per heavy atom. The van der Waals surface area contributed by atoms with E-state index in [0.717, 1.165) is 16.5 Å². The van der Waals surface area contributed by atoms with Crippen LogP contribution in [0.25, 0.3) is 10.8 Å². The van der Waals surface area contributed by atoms with Gasteiger partial charge in [0.15, 0.2) is 0 Å². The van der Waals surface area contributed by atoms with Crippen molar-refractivity contribution in [2.45, 2.75) is 0 Å². The molecule has 0 atom stereocenters. The topological polar surface area (TPSA) is 52.6 Å². The highest BCUT2D eigenvalue weighted by atomic mass is 16.3. The maximum absolute atomic E-state index is 13.3. The molecule has 0 saturated heterocycles. The fraction of sp³-hybridized carbons (Fsp3) is 0. The molecule has 0 aliphatic carbocycles. The van der Waals surface area contributed by atoms with Crippen molar-refractivity contribution >= 4 is 28.1 Å². The molecule has 0 aliphatic heterocycles. The number of hydrogen-bond acceptors (Lipinski definition) is 3. The predicted molar refractivity (Wildman–Crippen MR) is 109 cm³/mol. The molecule has 0 aliphatic rings. The first-order chi connectivity index (χ1) is 13.2. The molecule has 4 aromatic rings. The third-order valence-electron chi connectivity index (χ3n) is 4.33. The van der Waals surface area contributed by atoms with E-state index in [9.17, 15) is 9.90 Å². The molecule has 0 radical (unpaired) electrons. The lowest BCUT2D eigenvalue weighted by molar-refractivity contribution is 0.0990. The number of carbonyl (C=O) groups is 1. The first-order valence-corrected chi connectivity index (χ1v) is 8.65. The SMILES string of the molecule is O=C(c1cc2ccccc2cc1O)N(Nc1ccccc1)c1ccccc1. The van der Waals surface area contributed by atoms with E-state index in [-0.39, 0.29) is 17.2 Å². The second-order valence-electron chi connectivity index (χ2n) is 6.17. The number of hydrogen-bond donors (Lipinski definition) is 2. The fourth-order valence-corrected chi connectivity index (χ4v) is 2.97. The molecule has 132 valence electrons. The zero-order valence-corrected chi connectivity index (χ0v) is 14.5. The number of para-hydroxylation sites is 2. The lowest BCUT2D eigenvalue weighted by atomic mass is 10.1. The molecule has 0 aromatic heterocycles. The Kier molecular flexibility index (Phi) is 4.45. The van der Waals surface area contributed by atoms with Gasteiger partial charge in [0.05, 0.1) is 16.9 Å². The summed E-state index contributed by atoms with van der Waals surface area (Å²) in [5.74, 6) is -0.386. The van der Waals surface area contributed by atoms with Crippen LogP contribution in [0, 0.1) is 0 Å². The van der Waals surface area contributed by atoms with E-state index in [0.29, 0.717) is 5.69 Å². The minimum absolute atomic E-state index is 0.0468. The average molecular weight is 354 g/mol. The van der Waals surface area contributed by atoms with E-state index in [1.165, 1.54) is 5.01 Å². The number of rotatable bonds is 4. The first kappa shape index (κ1) is 16.7. The lowest BCUT2D eigenvalue weighted by Gasteiger charge is -2.25. The molecule has 0 fully saturated rings. The molecule has 4 rings (SSSR count). The second kappa shape index (κ2) is 7.22. The predicted octanol–water partition coefficient (Wildman–Crippen LogP) is 5.22. The van der Waals surface area contributed by atoms with Gasteiger partial charge in [-0.2, -0.15) is 0 Å². The van der Waals surface area contributed by atoms with Gasteiger partial charge in [-0.15, -0.1) is 0 Å². The van der Waals surface area contributed by atoms with Crippen LogP contribution < -0.4 is 10.4 Å². The van der Waals surface area contributed by atoms with Crippen LogP contribution in [-0.4, -0.2) is 11.0 Å². The number of aromatic hydroxyl groups is 1. The number of phenols is 1. The number of amides is 1. The number of carbonyl (C=O) groups excluding carboxylic acids is 1. The molecule has 1 amide bonds. The van der Waals surface area contributed by atoms with Crippen molar-refractivity contribution in [1.29, 1.82) is 0 Å². The molecule has 4 aromatic carbocycles. The molecule has 0 heterocycles. The van der Waals surface area contributed by atoms with Gasteiger partial charge in [-0.1, -0.05) is 60.7 Å². The van der Waals surface area contributed by atoms with Gasteiger partial charge in [-0.3, -0.25) is 10.2 Å². The molecular formula is C23H18N2O2. The third kappa shape index (κ3) is 3.46. The van der Waals surface area contributed by atoms with Gasteiger partial charge in [0.2, 0.25) is 0 Å². The number of phenolic OH excluding ortho intramolecular Hbond substituents is 1. The van der Waals surface area contributed by atoms with Crippen molar-refractivity contribution < 1.29 is 9.90 Å². The Morgan fingerprint density at radius 3 is 1.96 bits per heavy atom. The van der Waals surface area contributed by atoms with Gasteiger partial charge < -0.3 is 5.11 Å². The van der Waals surface area contributed by atoms with Crippen LogP contribution >= 0.6 is 0 Å². The zero-order chi connectivity index (χ0) is 18.6.